The number of nitrogens with zero attached hydrogens (tertiary/aromatic N) is 9. The Bertz CT molecular complexity index is 3720. The van der Waals surface area contributed by atoms with Gasteiger partial charge in [0.1, 0.15) is 34.6 Å². The smallest absolute Gasteiger partial charge is 0.328 e. The molecule has 0 radical (unpaired) electrons. The van der Waals surface area contributed by atoms with Gasteiger partial charge in [0.2, 0.25) is 11.1 Å². The minimum Gasteiger partial charge on any atom is -0.354 e. The number of hydrogen-bond acceptors (Lipinski definition) is 15. The van der Waals surface area contributed by atoms with Crippen LogP contribution in [0.3, 0.4) is 0 Å². The van der Waals surface area contributed by atoms with Crippen molar-refractivity contribution in [1.29, 1.82) is 0 Å². The van der Waals surface area contributed by atoms with E-state index in [4.69, 9.17) is 4.98 Å². The molecule has 0 spiro atoms. The highest BCUT2D eigenvalue weighted by Crippen LogP contribution is 2.41. The van der Waals surface area contributed by atoms with Crippen molar-refractivity contribution in [1.82, 2.24) is 45.4 Å². The van der Waals surface area contributed by atoms with Gasteiger partial charge < -0.3 is 20.9 Å². The fraction of sp³-hybridized carbons (Fsp3) is 0.276. The third-order valence-electron chi connectivity index (χ3n) is 13.6. The van der Waals surface area contributed by atoms with Crippen LogP contribution in [-0.4, -0.2) is 95.3 Å². The van der Waals surface area contributed by atoms with Crippen LogP contribution in [0.2, 0.25) is 0 Å². The number of halogens is 4. The van der Waals surface area contributed by atoms with E-state index in [9.17, 15) is 32.2 Å². The molecular formula is C58H58F4N14O5S3. The fourth-order valence-electron chi connectivity index (χ4n) is 9.32. The number of unbranched alkanes of at least 4 members (excludes halogenated alkanes) is 2. The zero-order valence-corrected chi connectivity index (χ0v) is 48.8. The number of amides is 6. The number of fused-ring (bicyclic) bond motifs is 2. The monoisotopic (exact) mass is 1200 g/mol. The quantitative estimate of drug-likeness (QED) is 0.0272. The third-order valence-corrected chi connectivity index (χ3v) is 15.7. The maximum Gasteiger partial charge on any atom is 0.328 e. The van der Waals surface area contributed by atoms with Crippen LogP contribution in [0.15, 0.2) is 101 Å². The summed E-state index contributed by atoms with van der Waals surface area (Å²) in [6, 6.07) is 15.3. The molecule has 4 aromatic carbocycles. The summed E-state index contributed by atoms with van der Waals surface area (Å²) in [6.45, 7) is 11.5. The maximum absolute atomic E-state index is 15.1. The van der Waals surface area contributed by atoms with Gasteiger partial charge in [0.05, 0.1) is 35.3 Å². The zero-order valence-electron chi connectivity index (χ0n) is 46.3. The molecule has 26 heteroatoms. The van der Waals surface area contributed by atoms with E-state index in [-0.39, 0.29) is 47.4 Å². The van der Waals surface area contributed by atoms with Gasteiger partial charge in [0.25, 0.3) is 11.8 Å². The van der Waals surface area contributed by atoms with E-state index in [2.05, 4.69) is 70.3 Å². The number of thiazole rings is 2. The first-order valence-corrected chi connectivity index (χ1v) is 30.2. The van der Waals surface area contributed by atoms with Crippen LogP contribution in [0, 0.1) is 37.1 Å². The molecule has 10 rings (SSSR count). The van der Waals surface area contributed by atoms with E-state index < -0.39 is 63.4 Å². The molecule has 2 aliphatic rings. The van der Waals surface area contributed by atoms with E-state index in [1.807, 2.05) is 13.0 Å². The highest BCUT2D eigenvalue weighted by Gasteiger charge is 2.36. The van der Waals surface area contributed by atoms with Crippen molar-refractivity contribution in [3.8, 4) is 22.5 Å². The van der Waals surface area contributed by atoms with Crippen LogP contribution >= 0.6 is 22.7 Å². The van der Waals surface area contributed by atoms with Crippen molar-refractivity contribution in [2.75, 3.05) is 58.2 Å². The average Bonchev–Trinajstić information content (AvgIpc) is 1.61. The van der Waals surface area contributed by atoms with Crippen LogP contribution in [0.5, 0.6) is 0 Å². The van der Waals surface area contributed by atoms with Crippen molar-refractivity contribution in [2.45, 2.75) is 78.0 Å². The second kappa shape index (κ2) is 27.2. The molecule has 6 heterocycles. The summed E-state index contributed by atoms with van der Waals surface area (Å²) in [6.07, 6.45) is 9.89. The Balaban J connectivity index is 0.000000207. The second-order valence-corrected chi connectivity index (χ2v) is 22.5. The van der Waals surface area contributed by atoms with Crippen LogP contribution in [0.1, 0.15) is 88.9 Å². The number of urea groups is 2. The SMILES string of the molecule is CCCCN(CCCC)CCCNc1nc(-c2cc(C(=O)Nc3nccs3)ccc2C)c2c(n1)N(c1c(F)cccc1F)C(=O)NC2.Cc1ccc(C(=O)Nc2nccs2)cc1-c1nc(S(C)=O)nc2c1CNC(=O)N2c1c(F)cccc1F. The van der Waals surface area contributed by atoms with Gasteiger partial charge >= 0.3 is 12.1 Å². The van der Waals surface area contributed by atoms with Crippen LogP contribution in [0.25, 0.3) is 22.5 Å². The number of benzene rings is 4. The number of hydrogen-bond donors (Lipinski definition) is 5. The molecule has 6 amide bonds. The molecule has 1 unspecified atom stereocenters. The van der Waals surface area contributed by atoms with Gasteiger partial charge in [-0.25, -0.2) is 61.9 Å². The maximum atomic E-state index is 15.1. The minimum absolute atomic E-state index is 0.0230. The lowest BCUT2D eigenvalue weighted by atomic mass is 9.97. The molecule has 2 aliphatic heterocycles. The van der Waals surface area contributed by atoms with E-state index >= 15 is 8.78 Å². The standard InChI is InChI=1S/C34H40F2N8O2S.C24H18F2N6O3S2/c1-4-6-16-43(17-7-5-2)18-9-14-37-32-40-28(24-20-23(13-12-22(24)3)31(45)42-33-38-15-19-47-33)25-21-39-34(46)44(30(25)41-32)29-26(35)10-8-11-27(29)36;1-12-6-7-13(21(33)31-22-27-8-9-36-22)10-14(12)18-15-11-28-24(34)32(19-16(25)4-3-5-17(19)26)20(15)30-23(29-18)37(2)35/h8,10-13,15,19-20H,4-7,9,14,16-18,21H2,1-3H3,(H,39,46)(H,37,40,41)(H,38,42,45);3-10H,11H2,1-2H3,(H,28,34)(H,27,31,33). The van der Waals surface area contributed by atoms with Crippen molar-refractivity contribution in [3.63, 3.8) is 0 Å². The Morgan fingerprint density at radius 1 is 0.643 bits per heavy atom. The van der Waals surface area contributed by atoms with Crippen molar-refractivity contribution >= 4 is 96.6 Å². The second-order valence-electron chi connectivity index (χ2n) is 19.4. The Morgan fingerprint density at radius 2 is 1.10 bits per heavy atom. The summed E-state index contributed by atoms with van der Waals surface area (Å²) >= 11 is 2.58. The van der Waals surface area contributed by atoms with Gasteiger partial charge in [0, 0.05) is 69.3 Å². The van der Waals surface area contributed by atoms with E-state index in [1.54, 1.807) is 60.4 Å². The Kier molecular flexibility index (Phi) is 19.4. The van der Waals surface area contributed by atoms with E-state index in [0.717, 1.165) is 96.9 Å². The highest BCUT2D eigenvalue weighted by atomic mass is 32.2. The summed E-state index contributed by atoms with van der Waals surface area (Å²) in [5.74, 6) is -4.32. The van der Waals surface area contributed by atoms with Gasteiger partial charge in [-0.05, 0) is 112 Å². The van der Waals surface area contributed by atoms with Crippen LogP contribution < -0.4 is 36.4 Å². The number of nitrogens with one attached hydrogen (secondary N) is 5. The lowest BCUT2D eigenvalue weighted by Crippen LogP contribution is -2.43. The zero-order chi connectivity index (χ0) is 59.6. The molecule has 4 aromatic heterocycles. The van der Waals surface area contributed by atoms with Gasteiger partial charge in [-0.1, -0.05) is 51.0 Å². The lowest BCUT2D eigenvalue weighted by Gasteiger charge is -2.31. The molecule has 8 aromatic rings. The number of para-hydroxylation sites is 2. The molecule has 0 bridgehead atoms. The molecule has 5 N–H and O–H groups in total. The summed E-state index contributed by atoms with van der Waals surface area (Å²) in [5, 5.41) is 18.4. The van der Waals surface area contributed by atoms with Crippen LogP contribution in [0.4, 0.5) is 66.4 Å². The molecule has 19 nitrogen and oxygen atoms in total. The van der Waals surface area contributed by atoms with Crippen molar-refractivity contribution in [2.24, 2.45) is 0 Å². The number of carbonyl (C=O) groups excluding carboxylic acids is 4. The third kappa shape index (κ3) is 13.6. The summed E-state index contributed by atoms with van der Waals surface area (Å²) in [7, 11) is -1.70. The molecule has 436 valence electrons. The number of anilines is 7. The number of aryl methyl sites for hydroxylation is 2. The van der Waals surface area contributed by atoms with Gasteiger partial charge in [0.15, 0.2) is 21.9 Å². The van der Waals surface area contributed by atoms with Crippen molar-refractivity contribution < 1.29 is 40.9 Å². The molecular weight excluding hydrogens is 1140 g/mol. The lowest BCUT2D eigenvalue weighted by molar-refractivity contribution is 0.101. The number of rotatable bonds is 20. The number of carbonyl (C=O) groups is 4. The summed E-state index contributed by atoms with van der Waals surface area (Å²) in [5.41, 5.74) is 3.70. The van der Waals surface area contributed by atoms with Crippen molar-refractivity contribution in [3.05, 3.63) is 153 Å². The molecule has 0 saturated heterocycles. The highest BCUT2D eigenvalue weighted by molar-refractivity contribution is 7.84. The van der Waals surface area contributed by atoms with Gasteiger partial charge in [-0.3, -0.25) is 24.4 Å². The predicted octanol–water partition coefficient (Wildman–Crippen LogP) is 12.0. The number of aromatic nitrogens is 6. The molecule has 0 saturated carbocycles. The molecule has 0 aliphatic carbocycles. The Hall–Kier alpha value is -8.59. The predicted molar refractivity (Wildman–Crippen MR) is 318 cm³/mol. The fourth-order valence-corrected chi connectivity index (χ4v) is 10.8. The average molecular weight is 1200 g/mol. The molecule has 0 fully saturated rings. The molecule has 1 atom stereocenters. The Labute approximate surface area is 491 Å². The van der Waals surface area contributed by atoms with E-state index in [0.29, 0.717) is 55.9 Å². The first kappa shape index (κ1) is 60.0. The van der Waals surface area contributed by atoms with Crippen LogP contribution in [-0.2, 0) is 23.9 Å². The largest absolute Gasteiger partial charge is 0.354 e. The topological polar surface area (TPSA) is 233 Å². The Morgan fingerprint density at radius 3 is 1.54 bits per heavy atom. The van der Waals surface area contributed by atoms with Gasteiger partial charge in [-0.2, -0.15) is 4.98 Å². The summed E-state index contributed by atoms with van der Waals surface area (Å²) in [4.78, 5) is 82.7. The normalized spacial score (nSPS) is 13.1. The summed E-state index contributed by atoms with van der Waals surface area (Å²) < 4.78 is 72.2. The minimum atomic E-state index is -1.70. The van der Waals surface area contributed by atoms with Gasteiger partial charge in [-0.15, -0.1) is 22.7 Å². The molecule has 84 heavy (non-hydrogen) atoms. The first-order chi connectivity index (χ1) is 40.5. The van der Waals surface area contributed by atoms with E-state index in [1.165, 1.54) is 41.1 Å². The first-order valence-electron chi connectivity index (χ1n) is 26.8.